The molecule has 2 aromatic carbocycles. The summed E-state index contributed by atoms with van der Waals surface area (Å²) < 4.78 is 6.37. The smallest absolute Gasteiger partial charge is 0.332 e. The lowest BCUT2D eigenvalue weighted by Crippen LogP contribution is -2.27. The molecule has 5 heteroatoms. The molecule has 0 radical (unpaired) electrons. The van der Waals surface area contributed by atoms with Crippen molar-refractivity contribution in [3.05, 3.63) is 70.2 Å². The van der Waals surface area contributed by atoms with E-state index in [0.29, 0.717) is 11.1 Å². The standard InChI is InChI=1S/C16H11BrO4/c17-11-3-1-10(2-4-11)16(8-7-15(20)21-16)13-6-5-12(18)9-14(13)19/h1-9,18-19H. The van der Waals surface area contributed by atoms with Crippen LogP contribution in [0.5, 0.6) is 11.5 Å². The van der Waals surface area contributed by atoms with E-state index in [2.05, 4.69) is 15.9 Å². The topological polar surface area (TPSA) is 66.8 Å². The van der Waals surface area contributed by atoms with Crippen LogP contribution < -0.4 is 0 Å². The van der Waals surface area contributed by atoms with E-state index in [1.54, 1.807) is 18.2 Å². The summed E-state index contributed by atoms with van der Waals surface area (Å²) in [6.07, 6.45) is 2.93. The van der Waals surface area contributed by atoms with Crippen molar-refractivity contribution >= 4 is 21.9 Å². The average molecular weight is 347 g/mol. The maximum atomic E-state index is 11.6. The molecule has 0 aromatic heterocycles. The minimum atomic E-state index is -1.18. The molecule has 1 atom stereocenters. The molecule has 1 heterocycles. The minimum absolute atomic E-state index is 0.0597. The van der Waals surface area contributed by atoms with E-state index >= 15 is 0 Å². The summed E-state index contributed by atoms with van der Waals surface area (Å²) in [5.74, 6) is -0.682. The molecule has 106 valence electrons. The van der Waals surface area contributed by atoms with Gasteiger partial charge in [0.05, 0.1) is 0 Å². The van der Waals surface area contributed by atoms with Gasteiger partial charge >= 0.3 is 5.97 Å². The van der Waals surface area contributed by atoms with Gasteiger partial charge in [-0.15, -0.1) is 0 Å². The number of rotatable bonds is 2. The van der Waals surface area contributed by atoms with Crippen LogP contribution in [0.1, 0.15) is 11.1 Å². The van der Waals surface area contributed by atoms with Gasteiger partial charge in [-0.3, -0.25) is 0 Å². The maximum absolute atomic E-state index is 11.6. The molecule has 21 heavy (non-hydrogen) atoms. The largest absolute Gasteiger partial charge is 0.508 e. The quantitative estimate of drug-likeness (QED) is 0.819. The summed E-state index contributed by atoms with van der Waals surface area (Å²) >= 11 is 3.36. The normalized spacial score (nSPS) is 20.5. The molecule has 1 aliphatic heterocycles. The number of benzene rings is 2. The van der Waals surface area contributed by atoms with Crippen LogP contribution >= 0.6 is 15.9 Å². The fourth-order valence-corrected chi connectivity index (χ4v) is 2.66. The fourth-order valence-electron chi connectivity index (χ4n) is 2.40. The van der Waals surface area contributed by atoms with Crippen molar-refractivity contribution in [2.24, 2.45) is 0 Å². The first-order valence-corrected chi connectivity index (χ1v) is 7.01. The summed E-state index contributed by atoms with van der Waals surface area (Å²) in [7, 11) is 0. The molecular weight excluding hydrogens is 336 g/mol. The first-order valence-electron chi connectivity index (χ1n) is 6.22. The van der Waals surface area contributed by atoms with Gasteiger partial charge in [-0.2, -0.15) is 0 Å². The van der Waals surface area contributed by atoms with Crippen molar-refractivity contribution in [1.82, 2.24) is 0 Å². The van der Waals surface area contributed by atoms with Gasteiger partial charge in [0.2, 0.25) is 0 Å². The maximum Gasteiger partial charge on any atom is 0.332 e. The molecule has 0 saturated carbocycles. The minimum Gasteiger partial charge on any atom is -0.508 e. The Morgan fingerprint density at radius 1 is 1.05 bits per heavy atom. The highest BCUT2D eigenvalue weighted by Crippen LogP contribution is 2.43. The van der Waals surface area contributed by atoms with Gasteiger partial charge in [-0.25, -0.2) is 4.79 Å². The van der Waals surface area contributed by atoms with Crippen molar-refractivity contribution in [1.29, 1.82) is 0 Å². The van der Waals surface area contributed by atoms with Gasteiger partial charge in [0.25, 0.3) is 0 Å². The van der Waals surface area contributed by atoms with Gasteiger partial charge in [-0.1, -0.05) is 28.1 Å². The number of carbonyl (C=O) groups is 1. The third-order valence-corrected chi connectivity index (χ3v) is 3.90. The van der Waals surface area contributed by atoms with E-state index in [0.717, 1.165) is 4.47 Å². The Kier molecular flexibility index (Phi) is 3.22. The number of hydrogen-bond donors (Lipinski definition) is 2. The van der Waals surface area contributed by atoms with Crippen molar-refractivity contribution < 1.29 is 19.7 Å². The second-order valence-electron chi connectivity index (χ2n) is 4.70. The molecule has 2 N–H and O–H groups in total. The van der Waals surface area contributed by atoms with Crippen LogP contribution in [-0.2, 0) is 15.1 Å². The summed E-state index contributed by atoms with van der Waals surface area (Å²) in [5, 5.41) is 19.6. The predicted molar refractivity (Wildman–Crippen MR) is 79.9 cm³/mol. The molecule has 0 amide bonds. The van der Waals surface area contributed by atoms with Crippen LogP contribution in [0.25, 0.3) is 0 Å². The third kappa shape index (κ3) is 2.29. The van der Waals surface area contributed by atoms with Gasteiger partial charge in [0.1, 0.15) is 11.5 Å². The Morgan fingerprint density at radius 2 is 1.76 bits per heavy atom. The molecule has 0 spiro atoms. The Morgan fingerprint density at radius 3 is 2.33 bits per heavy atom. The zero-order chi connectivity index (χ0) is 15.0. The number of cyclic esters (lactones) is 1. The molecule has 0 fully saturated rings. The number of phenols is 2. The zero-order valence-electron chi connectivity index (χ0n) is 10.8. The number of ether oxygens (including phenoxy) is 1. The van der Waals surface area contributed by atoms with E-state index in [-0.39, 0.29) is 11.5 Å². The van der Waals surface area contributed by atoms with Gasteiger partial charge in [0.15, 0.2) is 5.60 Å². The number of esters is 1. The Bertz CT molecular complexity index is 736. The Hall–Kier alpha value is -2.27. The highest BCUT2D eigenvalue weighted by Gasteiger charge is 2.41. The van der Waals surface area contributed by atoms with E-state index in [1.165, 1.54) is 24.3 Å². The summed E-state index contributed by atoms with van der Waals surface area (Å²) in [4.78, 5) is 11.6. The van der Waals surface area contributed by atoms with Crippen molar-refractivity contribution in [2.75, 3.05) is 0 Å². The number of hydrogen-bond acceptors (Lipinski definition) is 4. The lowest BCUT2D eigenvalue weighted by molar-refractivity contribution is -0.143. The molecule has 0 aliphatic carbocycles. The molecule has 1 unspecified atom stereocenters. The predicted octanol–water partition coefficient (Wildman–Crippen LogP) is 3.22. The summed E-state index contributed by atoms with van der Waals surface area (Å²) in [6, 6.07) is 11.5. The first kappa shape index (κ1) is 13.7. The number of halogens is 1. The van der Waals surface area contributed by atoms with Gasteiger partial charge in [0, 0.05) is 27.7 Å². The van der Waals surface area contributed by atoms with Crippen molar-refractivity contribution in [3.8, 4) is 11.5 Å². The molecule has 2 aromatic rings. The van der Waals surface area contributed by atoms with Gasteiger partial charge in [-0.05, 0) is 30.3 Å². The molecule has 0 bridgehead atoms. The van der Waals surface area contributed by atoms with Crippen LogP contribution in [0, 0.1) is 0 Å². The molecular formula is C16H11BrO4. The van der Waals surface area contributed by atoms with E-state index in [1.807, 2.05) is 12.1 Å². The van der Waals surface area contributed by atoms with Crippen LogP contribution in [0.4, 0.5) is 0 Å². The Balaban J connectivity index is 2.21. The third-order valence-electron chi connectivity index (χ3n) is 3.37. The fraction of sp³-hybridized carbons (Fsp3) is 0.0625. The molecule has 4 nitrogen and oxygen atoms in total. The molecule has 0 saturated heterocycles. The highest BCUT2D eigenvalue weighted by molar-refractivity contribution is 9.10. The number of phenolic OH excluding ortho intramolecular Hbond substituents is 2. The van der Waals surface area contributed by atoms with Crippen LogP contribution in [-0.4, -0.2) is 16.2 Å². The Labute approximate surface area is 129 Å². The first-order chi connectivity index (χ1) is 10.0. The van der Waals surface area contributed by atoms with Crippen LogP contribution in [0.15, 0.2) is 59.1 Å². The average Bonchev–Trinajstić information content (AvgIpc) is 2.82. The van der Waals surface area contributed by atoms with Crippen molar-refractivity contribution in [3.63, 3.8) is 0 Å². The summed E-state index contributed by atoms with van der Waals surface area (Å²) in [5.41, 5.74) is -0.0891. The number of carbonyl (C=O) groups excluding carboxylic acids is 1. The molecule has 3 rings (SSSR count). The second kappa shape index (κ2) is 4.93. The van der Waals surface area contributed by atoms with Crippen molar-refractivity contribution in [2.45, 2.75) is 5.60 Å². The lowest BCUT2D eigenvalue weighted by atomic mass is 9.86. The second-order valence-corrected chi connectivity index (χ2v) is 5.61. The van der Waals surface area contributed by atoms with Crippen LogP contribution in [0.2, 0.25) is 0 Å². The lowest BCUT2D eigenvalue weighted by Gasteiger charge is -2.28. The zero-order valence-corrected chi connectivity index (χ0v) is 12.4. The SMILES string of the molecule is O=C1C=CC(c2ccc(Br)cc2)(c2ccc(O)cc2O)O1. The van der Waals surface area contributed by atoms with E-state index in [4.69, 9.17) is 4.74 Å². The number of aromatic hydroxyl groups is 2. The van der Waals surface area contributed by atoms with Gasteiger partial charge < -0.3 is 14.9 Å². The van der Waals surface area contributed by atoms with E-state index in [9.17, 15) is 15.0 Å². The molecule has 1 aliphatic rings. The van der Waals surface area contributed by atoms with E-state index < -0.39 is 11.6 Å². The van der Waals surface area contributed by atoms with Crippen LogP contribution in [0.3, 0.4) is 0 Å². The summed E-state index contributed by atoms with van der Waals surface area (Å²) in [6.45, 7) is 0. The monoisotopic (exact) mass is 346 g/mol. The highest BCUT2D eigenvalue weighted by atomic mass is 79.9.